The van der Waals surface area contributed by atoms with Crippen molar-refractivity contribution in [2.45, 2.75) is 25.7 Å². The third-order valence-corrected chi connectivity index (χ3v) is 3.67. The summed E-state index contributed by atoms with van der Waals surface area (Å²) in [7, 11) is 0. The monoisotopic (exact) mass is 268 g/mol. The standard InChI is InChI=1S/C17H16O3/c18-17(19)15-7-3-4-8-16(15)20-14-10-9-12-5-1-2-6-13(12)11-14/h3-4,7-11H,1-2,5-6H2,(H,18,19). The first-order valence-corrected chi connectivity index (χ1v) is 6.86. The summed E-state index contributed by atoms with van der Waals surface area (Å²) in [5.74, 6) is 0.119. The van der Waals surface area contributed by atoms with Crippen LogP contribution < -0.4 is 4.74 Å². The van der Waals surface area contributed by atoms with Gasteiger partial charge in [-0.3, -0.25) is 0 Å². The fourth-order valence-electron chi connectivity index (χ4n) is 2.63. The molecule has 3 heteroatoms. The Morgan fingerprint density at radius 3 is 2.55 bits per heavy atom. The average molecular weight is 268 g/mol. The van der Waals surface area contributed by atoms with E-state index in [-0.39, 0.29) is 5.56 Å². The molecule has 0 heterocycles. The Kier molecular flexibility index (Phi) is 3.42. The summed E-state index contributed by atoms with van der Waals surface area (Å²) in [5, 5.41) is 9.16. The van der Waals surface area contributed by atoms with Gasteiger partial charge in [-0.25, -0.2) is 4.79 Å². The highest BCUT2D eigenvalue weighted by Crippen LogP contribution is 2.29. The zero-order chi connectivity index (χ0) is 13.9. The molecule has 0 aromatic heterocycles. The van der Waals surface area contributed by atoms with Gasteiger partial charge in [0.25, 0.3) is 0 Å². The van der Waals surface area contributed by atoms with Crippen molar-refractivity contribution in [3.8, 4) is 11.5 Å². The molecule has 20 heavy (non-hydrogen) atoms. The van der Waals surface area contributed by atoms with E-state index in [1.165, 1.54) is 24.0 Å². The molecule has 0 atom stereocenters. The molecule has 0 saturated heterocycles. The topological polar surface area (TPSA) is 46.5 Å². The van der Waals surface area contributed by atoms with Crippen LogP contribution in [0.3, 0.4) is 0 Å². The molecule has 0 spiro atoms. The summed E-state index contributed by atoms with van der Waals surface area (Å²) in [6.45, 7) is 0. The van der Waals surface area contributed by atoms with Crippen molar-refractivity contribution in [2.24, 2.45) is 0 Å². The van der Waals surface area contributed by atoms with Gasteiger partial charge in [-0.05, 0) is 61.1 Å². The van der Waals surface area contributed by atoms with E-state index in [1.807, 2.05) is 12.1 Å². The maximum atomic E-state index is 11.2. The minimum atomic E-state index is -0.974. The van der Waals surface area contributed by atoms with Gasteiger partial charge >= 0.3 is 5.97 Å². The van der Waals surface area contributed by atoms with Crippen molar-refractivity contribution >= 4 is 5.97 Å². The lowest BCUT2D eigenvalue weighted by molar-refractivity contribution is 0.0694. The van der Waals surface area contributed by atoms with Crippen LogP contribution in [0.2, 0.25) is 0 Å². The second kappa shape index (κ2) is 5.37. The van der Waals surface area contributed by atoms with Gasteiger partial charge in [0, 0.05) is 0 Å². The maximum Gasteiger partial charge on any atom is 0.339 e. The highest BCUT2D eigenvalue weighted by Gasteiger charge is 2.13. The summed E-state index contributed by atoms with van der Waals surface area (Å²) in [6.07, 6.45) is 4.66. The Labute approximate surface area is 117 Å². The number of carboxylic acid groups (broad SMARTS) is 1. The molecule has 1 N–H and O–H groups in total. The molecule has 0 fully saturated rings. The number of hydrogen-bond donors (Lipinski definition) is 1. The fourth-order valence-corrected chi connectivity index (χ4v) is 2.63. The number of aryl methyl sites for hydroxylation is 2. The van der Waals surface area contributed by atoms with Crippen molar-refractivity contribution < 1.29 is 14.6 Å². The van der Waals surface area contributed by atoms with E-state index in [0.29, 0.717) is 11.5 Å². The zero-order valence-corrected chi connectivity index (χ0v) is 11.1. The summed E-state index contributed by atoms with van der Waals surface area (Å²) in [6, 6.07) is 12.8. The zero-order valence-electron chi connectivity index (χ0n) is 11.1. The molecular weight excluding hydrogens is 252 g/mol. The van der Waals surface area contributed by atoms with Crippen LogP contribution in [0.4, 0.5) is 0 Å². The molecule has 0 aliphatic heterocycles. The van der Waals surface area contributed by atoms with Crippen LogP contribution >= 0.6 is 0 Å². The highest BCUT2D eigenvalue weighted by atomic mass is 16.5. The van der Waals surface area contributed by atoms with Gasteiger partial charge in [0.05, 0.1) is 0 Å². The molecule has 3 rings (SSSR count). The van der Waals surface area contributed by atoms with Crippen molar-refractivity contribution in [3.05, 3.63) is 59.2 Å². The van der Waals surface area contributed by atoms with E-state index in [2.05, 4.69) is 6.07 Å². The Bertz CT molecular complexity index is 646. The normalized spacial score (nSPS) is 13.6. The lowest BCUT2D eigenvalue weighted by Crippen LogP contribution is -2.03. The van der Waals surface area contributed by atoms with Crippen LogP contribution in [0.1, 0.15) is 34.3 Å². The minimum Gasteiger partial charge on any atom is -0.478 e. The average Bonchev–Trinajstić information content (AvgIpc) is 2.47. The first kappa shape index (κ1) is 12.7. The third kappa shape index (κ3) is 2.52. The molecule has 2 aromatic rings. The summed E-state index contributed by atoms with van der Waals surface area (Å²) in [4.78, 5) is 11.2. The SMILES string of the molecule is O=C(O)c1ccccc1Oc1ccc2c(c1)CCCC2. The first-order valence-electron chi connectivity index (χ1n) is 6.86. The molecule has 0 unspecified atom stereocenters. The number of rotatable bonds is 3. The first-order chi connectivity index (χ1) is 9.74. The molecule has 2 aromatic carbocycles. The third-order valence-electron chi connectivity index (χ3n) is 3.67. The van der Waals surface area contributed by atoms with Crippen LogP contribution in [0.25, 0.3) is 0 Å². The molecule has 0 amide bonds. The highest BCUT2D eigenvalue weighted by molar-refractivity contribution is 5.90. The van der Waals surface area contributed by atoms with Gasteiger partial charge in [0.15, 0.2) is 0 Å². The molecule has 3 nitrogen and oxygen atoms in total. The predicted octanol–water partition coefficient (Wildman–Crippen LogP) is 4.06. The Balaban J connectivity index is 1.90. The predicted molar refractivity (Wildman–Crippen MR) is 76.6 cm³/mol. The lowest BCUT2D eigenvalue weighted by Gasteiger charge is -2.17. The number of para-hydroxylation sites is 1. The van der Waals surface area contributed by atoms with E-state index < -0.39 is 5.97 Å². The number of benzene rings is 2. The summed E-state index contributed by atoms with van der Waals surface area (Å²) < 4.78 is 5.76. The number of carbonyl (C=O) groups is 1. The van der Waals surface area contributed by atoms with Gasteiger partial charge < -0.3 is 9.84 Å². The maximum absolute atomic E-state index is 11.2. The van der Waals surface area contributed by atoms with Crippen LogP contribution in [-0.2, 0) is 12.8 Å². The molecule has 0 bridgehead atoms. The summed E-state index contributed by atoms with van der Waals surface area (Å²) in [5.41, 5.74) is 2.89. The van der Waals surface area contributed by atoms with Crippen LogP contribution in [0.5, 0.6) is 11.5 Å². The number of fused-ring (bicyclic) bond motifs is 1. The molecule has 0 radical (unpaired) electrons. The van der Waals surface area contributed by atoms with Gasteiger partial charge in [-0.1, -0.05) is 18.2 Å². The second-order valence-corrected chi connectivity index (χ2v) is 5.04. The van der Waals surface area contributed by atoms with E-state index in [1.54, 1.807) is 24.3 Å². The van der Waals surface area contributed by atoms with E-state index in [9.17, 15) is 4.79 Å². The molecule has 1 aliphatic rings. The Morgan fingerprint density at radius 1 is 1.00 bits per heavy atom. The molecule has 0 saturated carbocycles. The number of carboxylic acids is 1. The molecule has 1 aliphatic carbocycles. The van der Waals surface area contributed by atoms with E-state index in [0.717, 1.165) is 12.8 Å². The van der Waals surface area contributed by atoms with Crippen molar-refractivity contribution in [2.75, 3.05) is 0 Å². The van der Waals surface area contributed by atoms with Crippen LogP contribution in [-0.4, -0.2) is 11.1 Å². The largest absolute Gasteiger partial charge is 0.478 e. The van der Waals surface area contributed by atoms with Gasteiger partial charge in [0.2, 0.25) is 0 Å². The van der Waals surface area contributed by atoms with Gasteiger partial charge in [-0.15, -0.1) is 0 Å². The Hall–Kier alpha value is -2.29. The molecule has 102 valence electrons. The lowest BCUT2D eigenvalue weighted by atomic mass is 9.92. The van der Waals surface area contributed by atoms with E-state index in [4.69, 9.17) is 9.84 Å². The van der Waals surface area contributed by atoms with Gasteiger partial charge in [0.1, 0.15) is 17.1 Å². The second-order valence-electron chi connectivity index (χ2n) is 5.04. The Morgan fingerprint density at radius 2 is 1.75 bits per heavy atom. The van der Waals surface area contributed by atoms with Crippen molar-refractivity contribution in [3.63, 3.8) is 0 Å². The summed E-state index contributed by atoms with van der Waals surface area (Å²) >= 11 is 0. The minimum absolute atomic E-state index is 0.185. The van der Waals surface area contributed by atoms with Crippen LogP contribution in [0.15, 0.2) is 42.5 Å². The number of ether oxygens (including phenoxy) is 1. The fraction of sp³-hybridized carbons (Fsp3) is 0.235. The van der Waals surface area contributed by atoms with E-state index >= 15 is 0 Å². The number of hydrogen-bond acceptors (Lipinski definition) is 2. The number of aromatic carboxylic acids is 1. The van der Waals surface area contributed by atoms with Crippen molar-refractivity contribution in [1.82, 2.24) is 0 Å². The quantitative estimate of drug-likeness (QED) is 0.913. The van der Waals surface area contributed by atoms with Crippen molar-refractivity contribution in [1.29, 1.82) is 0 Å². The van der Waals surface area contributed by atoms with Gasteiger partial charge in [-0.2, -0.15) is 0 Å². The smallest absolute Gasteiger partial charge is 0.339 e. The van der Waals surface area contributed by atoms with Crippen LogP contribution in [0, 0.1) is 0 Å². The molecular formula is C17H16O3.